The monoisotopic (exact) mass is 564 g/mol. The Morgan fingerprint density at radius 2 is 2.18 bits per heavy atom. The van der Waals surface area contributed by atoms with E-state index in [-0.39, 0.29) is 53.6 Å². The number of thiazole rings is 1. The molecule has 15 nitrogen and oxygen atoms in total. The van der Waals surface area contributed by atoms with Gasteiger partial charge in [-0.3, -0.25) is 19.3 Å². The number of amides is 3. The molecule has 2 aliphatic heterocycles. The molecule has 1 saturated heterocycles. The summed E-state index contributed by atoms with van der Waals surface area (Å²) in [6, 6.07) is 0.601. The third-order valence-electron chi connectivity index (χ3n) is 5.65. The molecule has 4 rings (SSSR count). The van der Waals surface area contributed by atoms with Crippen molar-refractivity contribution in [2.45, 2.75) is 31.4 Å². The average molecular weight is 565 g/mol. The van der Waals surface area contributed by atoms with Crippen LogP contribution in [0, 0.1) is 0 Å². The maximum absolute atomic E-state index is 13.0. The minimum Gasteiger partial charge on any atom is -0.543 e. The number of nitrogens with two attached hydrogens (primary N) is 1. The number of aliphatic hydroxyl groups excluding tert-OH is 1. The minimum absolute atomic E-state index is 0.0549. The maximum Gasteiger partial charge on any atom is 0.276 e. The molecule has 0 unspecified atom stereocenters. The molecule has 1 fully saturated rings. The number of rotatable bonds is 10. The fourth-order valence-corrected chi connectivity index (χ4v) is 6.00. The number of carbonyl (C=O) groups is 4. The van der Waals surface area contributed by atoms with E-state index in [9.17, 15) is 29.4 Å². The maximum atomic E-state index is 13.0. The lowest BCUT2D eigenvalue weighted by molar-refractivity contribution is -0.767. The summed E-state index contributed by atoms with van der Waals surface area (Å²) >= 11 is 2.37. The molecule has 2 aromatic rings. The van der Waals surface area contributed by atoms with E-state index in [1.165, 1.54) is 31.2 Å². The number of aliphatic hydroxyl groups is 1. The summed E-state index contributed by atoms with van der Waals surface area (Å²) in [6.07, 6.45) is 1.63. The smallest absolute Gasteiger partial charge is 0.276 e. The zero-order valence-corrected chi connectivity index (χ0v) is 21.9. The Balaban J connectivity index is 1.55. The van der Waals surface area contributed by atoms with E-state index in [2.05, 4.69) is 20.8 Å². The van der Waals surface area contributed by atoms with Crippen LogP contribution in [0.4, 0.5) is 10.9 Å². The molecule has 5 N–H and O–H groups in total. The highest BCUT2D eigenvalue weighted by atomic mass is 32.2. The lowest BCUT2D eigenvalue weighted by Gasteiger charge is -2.50. The number of anilines is 2. The van der Waals surface area contributed by atoms with Gasteiger partial charge in [-0.2, -0.15) is 0 Å². The van der Waals surface area contributed by atoms with Crippen molar-refractivity contribution in [2.75, 3.05) is 30.5 Å². The Bertz CT molecular complexity index is 1350. The fourth-order valence-electron chi connectivity index (χ4n) is 4.12. The van der Waals surface area contributed by atoms with Crippen LogP contribution in [0.25, 0.3) is 0 Å². The van der Waals surface area contributed by atoms with Gasteiger partial charge in [0.15, 0.2) is 29.4 Å². The number of oxime groups is 1. The number of nitrogen functional groups attached to an aromatic ring is 1. The van der Waals surface area contributed by atoms with Crippen LogP contribution in [0.5, 0.6) is 0 Å². The van der Waals surface area contributed by atoms with Crippen molar-refractivity contribution in [3.05, 3.63) is 34.6 Å². The summed E-state index contributed by atoms with van der Waals surface area (Å²) in [7, 11) is 1.25. The third kappa shape index (κ3) is 5.20. The molecule has 38 heavy (non-hydrogen) atoms. The average Bonchev–Trinajstić information content (AvgIpc) is 3.46. The number of carbonyl (C=O) groups excluding carboxylic acids is 4. The molecule has 0 spiro atoms. The normalized spacial score (nSPS) is 19.1. The molecule has 17 heteroatoms. The number of nitrogens with one attached hydrogen (secondary N) is 2. The number of hydrogen-bond acceptors (Lipinski definition) is 12. The van der Waals surface area contributed by atoms with Crippen LogP contribution < -0.4 is 26.2 Å². The van der Waals surface area contributed by atoms with Gasteiger partial charge >= 0.3 is 0 Å². The molecule has 2 atom stereocenters. The first kappa shape index (κ1) is 27.1. The Morgan fingerprint density at radius 3 is 2.79 bits per heavy atom. The Labute approximate surface area is 223 Å². The SMILES string of the molecule is CON=C(C(=O)N[C@@H]1C(=O)N2C(C(=O)[O-])=C(C[n+]3ccc(NC(C)=O)n3CCO)CS[C@H]12)c1csc(N)n1. The van der Waals surface area contributed by atoms with Crippen molar-refractivity contribution < 1.29 is 38.9 Å². The highest BCUT2D eigenvalue weighted by Gasteiger charge is 2.53. The van der Waals surface area contributed by atoms with E-state index in [4.69, 9.17) is 10.6 Å². The largest absolute Gasteiger partial charge is 0.543 e. The van der Waals surface area contributed by atoms with Gasteiger partial charge in [0.2, 0.25) is 5.91 Å². The van der Waals surface area contributed by atoms with E-state index in [0.29, 0.717) is 11.4 Å². The van der Waals surface area contributed by atoms with Crippen LogP contribution in [-0.4, -0.2) is 80.0 Å². The fraction of sp³-hybridized carbons (Fsp3) is 0.381. The molecule has 0 radical (unpaired) electrons. The number of nitrogens with zero attached hydrogens (tertiary/aromatic N) is 5. The lowest BCUT2D eigenvalue weighted by atomic mass is 10.0. The summed E-state index contributed by atoms with van der Waals surface area (Å²) in [4.78, 5) is 59.4. The van der Waals surface area contributed by atoms with Crippen molar-refractivity contribution in [3.8, 4) is 0 Å². The quantitative estimate of drug-likeness (QED) is 0.101. The van der Waals surface area contributed by atoms with Gasteiger partial charge in [0.05, 0.1) is 24.3 Å². The highest BCUT2D eigenvalue weighted by molar-refractivity contribution is 8.00. The molecular formula is C21H24N8O7S2. The number of carboxylic acids is 1. The number of aliphatic carboxylic acids is 1. The Hall–Kier alpha value is -3.96. The number of thioether (sulfide) groups is 1. The van der Waals surface area contributed by atoms with Crippen LogP contribution in [0.1, 0.15) is 12.6 Å². The molecule has 4 heterocycles. The van der Waals surface area contributed by atoms with Gasteiger partial charge in [-0.1, -0.05) is 5.16 Å². The second kappa shape index (κ2) is 11.2. The van der Waals surface area contributed by atoms with Crippen LogP contribution in [0.2, 0.25) is 0 Å². The summed E-state index contributed by atoms with van der Waals surface area (Å²) in [5.41, 5.74) is 5.73. The number of carboxylic acid groups (broad SMARTS) is 1. The number of aromatic nitrogens is 3. The van der Waals surface area contributed by atoms with Crippen LogP contribution in [0.15, 0.2) is 34.1 Å². The standard InChI is InChI=1S/C21H24N8O7S2/c1-10(31)23-13-3-4-27(28(13)5-6-30)7-11-8-37-19-15(18(33)29(19)16(11)20(34)35)25-17(32)14(26-36-2)12-9-38-21(22)24-12/h3-4,9,15,19,30H,5-8H2,1-2H3,(H4,22,24,25,32,34,35)/t15-,19-/m1/s1. The van der Waals surface area contributed by atoms with Gasteiger partial charge in [0.25, 0.3) is 11.8 Å². The zero-order valence-electron chi connectivity index (χ0n) is 20.2. The van der Waals surface area contributed by atoms with E-state index in [1.54, 1.807) is 21.6 Å². The lowest BCUT2D eigenvalue weighted by Crippen LogP contribution is -2.71. The van der Waals surface area contributed by atoms with Crippen LogP contribution in [0.3, 0.4) is 0 Å². The summed E-state index contributed by atoms with van der Waals surface area (Å²) in [5, 5.41) is 31.6. The molecule has 0 aromatic carbocycles. The first-order chi connectivity index (χ1) is 18.2. The van der Waals surface area contributed by atoms with Crippen molar-refractivity contribution in [1.82, 2.24) is 19.9 Å². The number of hydrogen-bond donors (Lipinski definition) is 4. The van der Waals surface area contributed by atoms with Crippen molar-refractivity contribution >= 4 is 63.5 Å². The van der Waals surface area contributed by atoms with E-state index in [0.717, 1.165) is 16.2 Å². The Morgan fingerprint density at radius 1 is 1.42 bits per heavy atom. The van der Waals surface area contributed by atoms with Gasteiger partial charge < -0.3 is 36.2 Å². The molecule has 0 aliphatic carbocycles. The van der Waals surface area contributed by atoms with Crippen LogP contribution in [-0.2, 0) is 37.1 Å². The zero-order chi connectivity index (χ0) is 27.6. The first-order valence-corrected chi connectivity index (χ1v) is 13.1. The predicted molar refractivity (Wildman–Crippen MR) is 133 cm³/mol. The first-order valence-electron chi connectivity index (χ1n) is 11.1. The predicted octanol–water partition coefficient (Wildman–Crippen LogP) is -2.78. The molecular weight excluding hydrogens is 540 g/mol. The second-order valence-corrected chi connectivity index (χ2v) is 10.1. The van der Waals surface area contributed by atoms with Gasteiger partial charge in [-0.15, -0.1) is 32.5 Å². The highest BCUT2D eigenvalue weighted by Crippen LogP contribution is 2.40. The van der Waals surface area contributed by atoms with Gasteiger partial charge in [0.1, 0.15) is 30.8 Å². The van der Waals surface area contributed by atoms with Gasteiger partial charge in [-0.25, -0.2) is 4.98 Å². The minimum atomic E-state index is -1.54. The molecule has 2 aromatic heterocycles. The number of fused-ring (bicyclic) bond motifs is 1. The molecule has 3 amide bonds. The summed E-state index contributed by atoms with van der Waals surface area (Å²) in [6.45, 7) is 1.31. The van der Waals surface area contributed by atoms with E-state index >= 15 is 0 Å². The summed E-state index contributed by atoms with van der Waals surface area (Å²) < 4.78 is 3.21. The molecule has 2 aliphatic rings. The molecule has 0 bridgehead atoms. The van der Waals surface area contributed by atoms with Crippen molar-refractivity contribution in [3.63, 3.8) is 0 Å². The van der Waals surface area contributed by atoms with Gasteiger partial charge in [0, 0.05) is 23.6 Å². The summed E-state index contributed by atoms with van der Waals surface area (Å²) in [5.74, 6) is -2.57. The molecule has 0 saturated carbocycles. The molecule has 202 valence electrons. The van der Waals surface area contributed by atoms with Gasteiger partial charge in [-0.05, 0) is 0 Å². The van der Waals surface area contributed by atoms with Crippen molar-refractivity contribution in [2.24, 2.45) is 5.16 Å². The number of β-lactam (4-membered cyclic amide) rings is 1. The third-order valence-corrected chi connectivity index (χ3v) is 7.66. The topological polar surface area (TPSA) is 208 Å². The Kier molecular flexibility index (Phi) is 7.98. The van der Waals surface area contributed by atoms with Crippen LogP contribution >= 0.6 is 23.1 Å². The van der Waals surface area contributed by atoms with E-state index in [1.807, 2.05) is 0 Å². The second-order valence-electron chi connectivity index (χ2n) is 8.12. The van der Waals surface area contributed by atoms with Crippen molar-refractivity contribution in [1.29, 1.82) is 0 Å². The van der Waals surface area contributed by atoms with E-state index < -0.39 is 29.2 Å².